The summed E-state index contributed by atoms with van der Waals surface area (Å²) in [6.07, 6.45) is 3.78. The lowest BCUT2D eigenvalue weighted by Crippen LogP contribution is -1.78. The molecule has 0 saturated heterocycles. The summed E-state index contributed by atoms with van der Waals surface area (Å²) < 4.78 is 5.38. The van der Waals surface area contributed by atoms with Crippen LogP contribution in [0.2, 0.25) is 0 Å². The third-order valence-electron chi connectivity index (χ3n) is 1.91. The zero-order chi connectivity index (χ0) is 9.26. The summed E-state index contributed by atoms with van der Waals surface area (Å²) in [4.78, 5) is 0. The molecule has 1 radical (unpaired) electrons. The van der Waals surface area contributed by atoms with Gasteiger partial charge in [0, 0.05) is 17.4 Å². The predicted molar refractivity (Wildman–Crippen MR) is 54.4 cm³/mol. The van der Waals surface area contributed by atoms with Crippen LogP contribution in [-0.4, -0.2) is 0 Å². The van der Waals surface area contributed by atoms with Gasteiger partial charge < -0.3 is 4.42 Å². The molecule has 0 amide bonds. The normalized spacial score (nSPS) is 10.5. The summed E-state index contributed by atoms with van der Waals surface area (Å²) in [5, 5.41) is 1.14. The SMILES string of the molecule is C=C(C)[CH]c1coc2ccccc12. The van der Waals surface area contributed by atoms with E-state index in [1.54, 1.807) is 6.26 Å². The molecule has 0 aliphatic rings. The van der Waals surface area contributed by atoms with Gasteiger partial charge in [0.1, 0.15) is 5.58 Å². The summed E-state index contributed by atoms with van der Waals surface area (Å²) in [6.45, 7) is 5.81. The molecule has 1 aromatic carbocycles. The summed E-state index contributed by atoms with van der Waals surface area (Å²) >= 11 is 0. The van der Waals surface area contributed by atoms with Crippen LogP contribution in [0.25, 0.3) is 11.0 Å². The first-order chi connectivity index (χ1) is 6.27. The summed E-state index contributed by atoms with van der Waals surface area (Å²) in [7, 11) is 0. The number of hydrogen-bond donors (Lipinski definition) is 0. The van der Waals surface area contributed by atoms with Crippen molar-refractivity contribution in [2.24, 2.45) is 0 Å². The zero-order valence-electron chi connectivity index (χ0n) is 7.58. The molecular weight excluding hydrogens is 160 g/mol. The maximum absolute atomic E-state index is 5.38. The van der Waals surface area contributed by atoms with Crippen molar-refractivity contribution in [2.75, 3.05) is 0 Å². The Bertz CT molecular complexity index is 437. The molecule has 1 heteroatoms. The van der Waals surface area contributed by atoms with E-state index in [1.165, 1.54) is 0 Å². The van der Waals surface area contributed by atoms with Crippen molar-refractivity contribution in [3.63, 3.8) is 0 Å². The van der Waals surface area contributed by atoms with Crippen LogP contribution >= 0.6 is 0 Å². The molecule has 2 rings (SSSR count). The first kappa shape index (κ1) is 8.11. The van der Waals surface area contributed by atoms with Gasteiger partial charge in [-0.25, -0.2) is 0 Å². The fourth-order valence-corrected chi connectivity index (χ4v) is 1.38. The van der Waals surface area contributed by atoms with Crippen molar-refractivity contribution in [3.05, 3.63) is 54.7 Å². The Kier molecular flexibility index (Phi) is 1.93. The number of para-hydroxylation sites is 1. The average Bonchev–Trinajstić information content (AvgIpc) is 2.48. The number of benzene rings is 1. The van der Waals surface area contributed by atoms with E-state index >= 15 is 0 Å². The van der Waals surface area contributed by atoms with Crippen LogP contribution in [-0.2, 0) is 0 Å². The molecule has 0 fully saturated rings. The minimum Gasteiger partial charge on any atom is -0.464 e. The minimum atomic E-state index is 0.926. The van der Waals surface area contributed by atoms with Gasteiger partial charge in [0.05, 0.1) is 6.26 Å². The van der Waals surface area contributed by atoms with Gasteiger partial charge in [-0.05, 0) is 13.0 Å². The Hall–Kier alpha value is -1.50. The lowest BCUT2D eigenvalue weighted by Gasteiger charge is -1.94. The van der Waals surface area contributed by atoms with Crippen molar-refractivity contribution in [2.45, 2.75) is 6.92 Å². The Morgan fingerprint density at radius 2 is 2.15 bits per heavy atom. The Balaban J connectivity index is 2.51. The second kappa shape index (κ2) is 3.09. The fourth-order valence-electron chi connectivity index (χ4n) is 1.38. The van der Waals surface area contributed by atoms with Crippen molar-refractivity contribution >= 4 is 11.0 Å². The number of fused-ring (bicyclic) bond motifs is 1. The fraction of sp³-hybridized carbons (Fsp3) is 0.0833. The second-order valence-corrected chi connectivity index (χ2v) is 3.18. The van der Waals surface area contributed by atoms with Crippen LogP contribution in [0.4, 0.5) is 0 Å². The van der Waals surface area contributed by atoms with Crippen LogP contribution in [0.1, 0.15) is 12.5 Å². The minimum absolute atomic E-state index is 0.926. The van der Waals surface area contributed by atoms with Gasteiger partial charge in [-0.2, -0.15) is 0 Å². The topological polar surface area (TPSA) is 13.1 Å². The highest BCUT2D eigenvalue weighted by atomic mass is 16.3. The molecule has 1 aromatic heterocycles. The highest BCUT2D eigenvalue weighted by molar-refractivity contribution is 5.82. The third kappa shape index (κ3) is 1.50. The first-order valence-electron chi connectivity index (χ1n) is 4.24. The molecule has 0 aliphatic heterocycles. The molecule has 0 unspecified atom stereocenters. The van der Waals surface area contributed by atoms with Crippen molar-refractivity contribution in [1.82, 2.24) is 0 Å². The Morgan fingerprint density at radius 1 is 1.38 bits per heavy atom. The van der Waals surface area contributed by atoms with E-state index in [2.05, 4.69) is 6.58 Å². The van der Waals surface area contributed by atoms with Gasteiger partial charge in [-0.15, -0.1) is 0 Å². The van der Waals surface area contributed by atoms with Crippen molar-refractivity contribution in [3.8, 4) is 0 Å². The van der Waals surface area contributed by atoms with Crippen LogP contribution < -0.4 is 0 Å². The van der Waals surface area contributed by atoms with E-state index < -0.39 is 0 Å². The lowest BCUT2D eigenvalue weighted by atomic mass is 10.1. The van der Waals surface area contributed by atoms with Crippen molar-refractivity contribution in [1.29, 1.82) is 0 Å². The average molecular weight is 171 g/mol. The highest BCUT2D eigenvalue weighted by Crippen LogP contribution is 2.23. The molecule has 65 valence electrons. The van der Waals surface area contributed by atoms with Gasteiger partial charge in [0.25, 0.3) is 0 Å². The maximum Gasteiger partial charge on any atom is 0.134 e. The van der Waals surface area contributed by atoms with Gasteiger partial charge in [0.2, 0.25) is 0 Å². The molecular formula is C12H11O. The second-order valence-electron chi connectivity index (χ2n) is 3.18. The first-order valence-corrected chi connectivity index (χ1v) is 4.24. The lowest BCUT2D eigenvalue weighted by molar-refractivity contribution is 0.614. The predicted octanol–water partition coefficient (Wildman–Crippen LogP) is 3.56. The van der Waals surface area contributed by atoms with Gasteiger partial charge in [-0.3, -0.25) is 0 Å². The Labute approximate surface area is 77.7 Å². The van der Waals surface area contributed by atoms with E-state index in [0.29, 0.717) is 0 Å². The Morgan fingerprint density at radius 3 is 2.92 bits per heavy atom. The smallest absolute Gasteiger partial charge is 0.134 e. The maximum atomic E-state index is 5.38. The zero-order valence-corrected chi connectivity index (χ0v) is 7.58. The van der Waals surface area contributed by atoms with Crippen LogP contribution in [0.15, 0.2) is 47.1 Å². The molecule has 0 N–H and O–H groups in total. The summed E-state index contributed by atoms with van der Waals surface area (Å²) in [5.41, 5.74) is 3.06. The van der Waals surface area contributed by atoms with E-state index in [0.717, 1.165) is 22.1 Å². The quantitative estimate of drug-likeness (QED) is 0.673. The van der Waals surface area contributed by atoms with E-state index in [4.69, 9.17) is 4.42 Å². The van der Waals surface area contributed by atoms with Gasteiger partial charge in [-0.1, -0.05) is 30.4 Å². The molecule has 0 saturated carbocycles. The number of hydrogen-bond acceptors (Lipinski definition) is 1. The van der Waals surface area contributed by atoms with Crippen molar-refractivity contribution < 1.29 is 4.42 Å². The third-order valence-corrected chi connectivity index (χ3v) is 1.91. The van der Waals surface area contributed by atoms with Crippen LogP contribution in [0.5, 0.6) is 0 Å². The van der Waals surface area contributed by atoms with Crippen LogP contribution in [0.3, 0.4) is 0 Å². The van der Waals surface area contributed by atoms with Gasteiger partial charge >= 0.3 is 0 Å². The number of rotatable bonds is 2. The largest absolute Gasteiger partial charge is 0.464 e. The molecule has 0 atom stereocenters. The van der Waals surface area contributed by atoms with Crippen LogP contribution in [0, 0.1) is 6.42 Å². The molecule has 1 heterocycles. The molecule has 2 aromatic rings. The molecule has 0 aliphatic carbocycles. The van der Waals surface area contributed by atoms with E-state index in [-0.39, 0.29) is 0 Å². The monoisotopic (exact) mass is 171 g/mol. The standard InChI is InChI=1S/C12H11O/c1-9(2)7-10-8-13-12-6-4-3-5-11(10)12/h3-8H,1H2,2H3. The molecule has 1 nitrogen and oxygen atoms in total. The summed E-state index contributed by atoms with van der Waals surface area (Å²) in [6, 6.07) is 7.99. The molecule has 0 spiro atoms. The van der Waals surface area contributed by atoms with E-state index in [9.17, 15) is 0 Å². The highest BCUT2D eigenvalue weighted by Gasteiger charge is 2.04. The number of furan rings is 1. The van der Waals surface area contributed by atoms with Gasteiger partial charge in [0.15, 0.2) is 0 Å². The number of allylic oxidation sites excluding steroid dienone is 1. The summed E-state index contributed by atoms with van der Waals surface area (Å²) in [5.74, 6) is 0. The molecule has 0 bridgehead atoms. The van der Waals surface area contributed by atoms with E-state index in [1.807, 2.05) is 37.6 Å². The molecule has 13 heavy (non-hydrogen) atoms.